The van der Waals surface area contributed by atoms with E-state index in [0.717, 1.165) is 68.1 Å². The number of ether oxygens (including phenoxy) is 1. The van der Waals surface area contributed by atoms with Crippen LogP contribution < -0.4 is 5.32 Å². The number of hydrogen-bond donors (Lipinski definition) is 1. The molecule has 6 heteroatoms. The summed E-state index contributed by atoms with van der Waals surface area (Å²) in [5.74, 6) is 5.21. The smallest absolute Gasteiger partial charge is 0.146 e. The first-order chi connectivity index (χ1) is 12.2. The van der Waals surface area contributed by atoms with Crippen LogP contribution in [0.1, 0.15) is 29.6 Å². The maximum Gasteiger partial charge on any atom is 0.146 e. The van der Waals surface area contributed by atoms with Gasteiger partial charge in [0.25, 0.3) is 0 Å². The highest BCUT2D eigenvalue weighted by atomic mass is 32.1. The zero-order chi connectivity index (χ0) is 17.2. The summed E-state index contributed by atoms with van der Waals surface area (Å²) in [5, 5.41) is 4.54. The molecule has 3 heterocycles. The number of fused-ring (bicyclic) bond motifs is 3. The highest BCUT2D eigenvalue weighted by Gasteiger charge is 2.24. The second-order valence-corrected chi connectivity index (χ2v) is 8.05. The third-order valence-corrected chi connectivity index (χ3v) is 6.18. The highest BCUT2D eigenvalue weighted by Crippen LogP contribution is 2.40. The third-order valence-electron chi connectivity index (χ3n) is 5.03. The molecule has 2 aliphatic rings. The summed E-state index contributed by atoms with van der Waals surface area (Å²) >= 11 is 1.84. The molecule has 2 aromatic rings. The molecule has 0 radical (unpaired) electrons. The number of morpholine rings is 1. The number of rotatable bonds is 4. The monoisotopic (exact) mass is 356 g/mol. The Bertz CT molecular complexity index is 804. The number of thiophene rings is 1. The number of aromatic nitrogens is 2. The van der Waals surface area contributed by atoms with Gasteiger partial charge in [0.15, 0.2) is 0 Å². The van der Waals surface area contributed by atoms with Crippen LogP contribution in [0, 0.1) is 18.3 Å². The molecule has 0 amide bonds. The van der Waals surface area contributed by atoms with Crippen LogP contribution in [-0.2, 0) is 24.1 Å². The van der Waals surface area contributed by atoms with Crippen molar-refractivity contribution >= 4 is 27.4 Å². The Labute approximate surface area is 152 Å². The fourth-order valence-corrected chi connectivity index (χ4v) is 5.08. The molecule has 1 fully saturated rings. The number of nitrogens with one attached hydrogen (secondary N) is 1. The van der Waals surface area contributed by atoms with Gasteiger partial charge in [-0.1, -0.05) is 12.8 Å². The topological polar surface area (TPSA) is 50.3 Å². The molecule has 4 rings (SSSR count). The minimum atomic E-state index is 0.490. The van der Waals surface area contributed by atoms with Crippen LogP contribution in [0.15, 0.2) is 0 Å². The first-order valence-corrected chi connectivity index (χ1v) is 9.85. The first-order valence-electron chi connectivity index (χ1n) is 9.03. The van der Waals surface area contributed by atoms with Gasteiger partial charge >= 0.3 is 0 Å². The van der Waals surface area contributed by atoms with Gasteiger partial charge in [0, 0.05) is 18.0 Å². The SMILES string of the molecule is C#CCNc1nc(CN2CCOCC2)nc2sc3c(c12)CC[C@@H](C)C3. The van der Waals surface area contributed by atoms with Crippen molar-refractivity contribution in [3.63, 3.8) is 0 Å². The lowest BCUT2D eigenvalue weighted by atomic mass is 9.89. The summed E-state index contributed by atoms with van der Waals surface area (Å²) < 4.78 is 5.43. The molecule has 132 valence electrons. The summed E-state index contributed by atoms with van der Waals surface area (Å²) in [7, 11) is 0. The van der Waals surface area contributed by atoms with Crippen LogP contribution in [0.4, 0.5) is 5.82 Å². The minimum absolute atomic E-state index is 0.490. The zero-order valence-electron chi connectivity index (χ0n) is 14.7. The normalized spacial score (nSPS) is 21.0. The summed E-state index contributed by atoms with van der Waals surface area (Å²) in [6, 6.07) is 0. The van der Waals surface area contributed by atoms with Crippen molar-refractivity contribution < 1.29 is 4.74 Å². The van der Waals surface area contributed by atoms with Crippen LogP contribution in [0.25, 0.3) is 10.2 Å². The second kappa shape index (κ2) is 7.28. The average molecular weight is 356 g/mol. The summed E-state index contributed by atoms with van der Waals surface area (Å²) in [4.78, 5) is 14.7. The highest BCUT2D eigenvalue weighted by molar-refractivity contribution is 7.19. The molecule has 0 unspecified atom stereocenters. The molecule has 1 saturated heterocycles. The average Bonchev–Trinajstić information content (AvgIpc) is 2.97. The van der Waals surface area contributed by atoms with Crippen molar-refractivity contribution in [3.05, 3.63) is 16.3 Å². The molecule has 0 spiro atoms. The van der Waals surface area contributed by atoms with Gasteiger partial charge in [-0.15, -0.1) is 17.8 Å². The standard InChI is InChI=1S/C19H24N4OS/c1-3-6-20-18-17-14-5-4-13(2)11-15(14)25-19(17)22-16(21-18)12-23-7-9-24-10-8-23/h1,13H,4-12H2,2H3,(H,20,21,22)/t13-/m1/s1. The maximum atomic E-state index is 5.46. The lowest BCUT2D eigenvalue weighted by Gasteiger charge is -2.25. The van der Waals surface area contributed by atoms with E-state index >= 15 is 0 Å². The molecule has 25 heavy (non-hydrogen) atoms. The summed E-state index contributed by atoms with van der Waals surface area (Å²) in [6.45, 7) is 7.04. The van der Waals surface area contributed by atoms with Crippen LogP contribution in [0.5, 0.6) is 0 Å². The molecule has 1 N–H and O–H groups in total. The molecule has 0 saturated carbocycles. The number of nitrogens with zero attached hydrogens (tertiary/aromatic N) is 3. The van der Waals surface area contributed by atoms with Crippen molar-refractivity contribution in [1.29, 1.82) is 0 Å². The second-order valence-electron chi connectivity index (χ2n) is 6.97. The Kier molecular flexibility index (Phi) is 4.89. The van der Waals surface area contributed by atoms with Crippen LogP contribution in [0.3, 0.4) is 0 Å². The predicted octanol–water partition coefficient (Wildman–Crippen LogP) is 2.69. The van der Waals surface area contributed by atoms with E-state index in [4.69, 9.17) is 21.1 Å². The van der Waals surface area contributed by atoms with Gasteiger partial charge in [-0.05, 0) is 30.7 Å². The van der Waals surface area contributed by atoms with Gasteiger partial charge in [0.2, 0.25) is 0 Å². The molecule has 2 aromatic heterocycles. The Morgan fingerprint density at radius 2 is 2.20 bits per heavy atom. The fraction of sp³-hybridized carbons (Fsp3) is 0.579. The molecule has 0 bridgehead atoms. The molecule has 5 nitrogen and oxygen atoms in total. The van der Waals surface area contributed by atoms with Crippen molar-refractivity contribution in [2.75, 3.05) is 38.2 Å². The quantitative estimate of drug-likeness (QED) is 0.854. The lowest BCUT2D eigenvalue weighted by molar-refractivity contribution is 0.0331. The fourth-order valence-electron chi connectivity index (χ4n) is 3.68. The number of hydrogen-bond acceptors (Lipinski definition) is 6. The number of terminal acetylenes is 1. The van der Waals surface area contributed by atoms with E-state index in [1.807, 2.05) is 11.3 Å². The minimum Gasteiger partial charge on any atom is -0.379 e. The lowest BCUT2D eigenvalue weighted by Crippen LogP contribution is -2.36. The van der Waals surface area contributed by atoms with Crippen molar-refractivity contribution in [2.24, 2.45) is 5.92 Å². The first kappa shape index (κ1) is 16.8. The molecular weight excluding hydrogens is 332 g/mol. The van der Waals surface area contributed by atoms with E-state index in [1.165, 1.54) is 22.2 Å². The number of aryl methyl sites for hydroxylation is 1. The van der Waals surface area contributed by atoms with Crippen molar-refractivity contribution in [3.8, 4) is 12.3 Å². The van der Waals surface area contributed by atoms with E-state index in [1.54, 1.807) is 0 Å². The van der Waals surface area contributed by atoms with Gasteiger partial charge in [0.05, 0.1) is 31.7 Å². The van der Waals surface area contributed by atoms with E-state index in [2.05, 4.69) is 23.1 Å². The van der Waals surface area contributed by atoms with E-state index < -0.39 is 0 Å². The number of anilines is 1. The Balaban J connectivity index is 1.71. The Hall–Kier alpha value is -1.68. The van der Waals surface area contributed by atoms with Crippen LogP contribution in [0.2, 0.25) is 0 Å². The van der Waals surface area contributed by atoms with Crippen LogP contribution >= 0.6 is 11.3 Å². The van der Waals surface area contributed by atoms with Crippen molar-refractivity contribution in [1.82, 2.24) is 14.9 Å². The molecule has 0 aromatic carbocycles. The van der Waals surface area contributed by atoms with E-state index in [-0.39, 0.29) is 0 Å². The summed E-state index contributed by atoms with van der Waals surface area (Å²) in [5.41, 5.74) is 1.44. The van der Waals surface area contributed by atoms with Crippen LogP contribution in [-0.4, -0.2) is 47.7 Å². The van der Waals surface area contributed by atoms with E-state index in [9.17, 15) is 0 Å². The Morgan fingerprint density at radius 3 is 3.00 bits per heavy atom. The van der Waals surface area contributed by atoms with Gasteiger partial charge < -0.3 is 10.1 Å². The molecular formula is C19H24N4OS. The van der Waals surface area contributed by atoms with Gasteiger partial charge in [0.1, 0.15) is 16.5 Å². The molecule has 1 atom stereocenters. The largest absolute Gasteiger partial charge is 0.379 e. The predicted molar refractivity (Wildman–Crippen MR) is 102 cm³/mol. The third kappa shape index (κ3) is 3.50. The van der Waals surface area contributed by atoms with Crippen molar-refractivity contribution in [2.45, 2.75) is 32.7 Å². The van der Waals surface area contributed by atoms with E-state index in [0.29, 0.717) is 6.54 Å². The molecule has 1 aliphatic carbocycles. The Morgan fingerprint density at radius 1 is 1.36 bits per heavy atom. The van der Waals surface area contributed by atoms with Gasteiger partial charge in [-0.2, -0.15) is 0 Å². The zero-order valence-corrected chi connectivity index (χ0v) is 15.5. The summed E-state index contributed by atoms with van der Waals surface area (Å²) in [6.07, 6.45) is 8.98. The maximum absolute atomic E-state index is 5.46. The van der Waals surface area contributed by atoms with Gasteiger partial charge in [-0.3, -0.25) is 4.90 Å². The van der Waals surface area contributed by atoms with Gasteiger partial charge in [-0.25, -0.2) is 9.97 Å². The molecule has 1 aliphatic heterocycles.